The third kappa shape index (κ3) is 6.05. The van der Waals surface area contributed by atoms with E-state index in [1.165, 1.54) is 18.2 Å². The van der Waals surface area contributed by atoms with Crippen molar-refractivity contribution in [3.05, 3.63) is 66.0 Å². The lowest BCUT2D eigenvalue weighted by Crippen LogP contribution is -2.54. The predicted octanol–water partition coefficient (Wildman–Crippen LogP) is 5.10. The van der Waals surface area contributed by atoms with E-state index in [1.807, 2.05) is 35.2 Å². The average Bonchev–Trinajstić information content (AvgIpc) is 3.84. The molecular formula is C29H32F4N2O4. The molecule has 1 saturated heterocycles. The normalized spacial score (nSPS) is 23.6. The zero-order chi connectivity index (χ0) is 27.8. The van der Waals surface area contributed by atoms with E-state index < -0.39 is 40.7 Å². The molecule has 2 aromatic carbocycles. The van der Waals surface area contributed by atoms with Gasteiger partial charge in [-0.2, -0.15) is 13.2 Å². The molecule has 0 radical (unpaired) electrons. The summed E-state index contributed by atoms with van der Waals surface area (Å²) in [5.41, 5.74) is -0.722. The molecule has 39 heavy (non-hydrogen) atoms. The number of halogens is 4. The quantitative estimate of drug-likeness (QED) is 0.419. The van der Waals surface area contributed by atoms with Gasteiger partial charge in [-0.1, -0.05) is 42.5 Å². The van der Waals surface area contributed by atoms with Gasteiger partial charge in [0.1, 0.15) is 0 Å². The van der Waals surface area contributed by atoms with E-state index in [1.54, 1.807) is 6.07 Å². The smallest absolute Gasteiger partial charge is 0.471 e. The summed E-state index contributed by atoms with van der Waals surface area (Å²) in [4.78, 5) is 27.4. The van der Waals surface area contributed by atoms with Crippen molar-refractivity contribution in [1.82, 2.24) is 9.80 Å². The number of carbonyl (C=O) groups is 2. The van der Waals surface area contributed by atoms with Crippen LogP contribution in [0, 0.1) is 16.6 Å². The van der Waals surface area contributed by atoms with Crippen LogP contribution >= 0.6 is 0 Å². The Morgan fingerprint density at radius 2 is 1.64 bits per heavy atom. The van der Waals surface area contributed by atoms with Gasteiger partial charge in [-0.05, 0) is 62.9 Å². The highest BCUT2D eigenvalue weighted by Crippen LogP contribution is 2.49. The third-order valence-corrected chi connectivity index (χ3v) is 8.51. The molecule has 210 valence electrons. The molecule has 1 N–H and O–H groups in total. The average molecular weight is 549 g/mol. The van der Waals surface area contributed by atoms with Crippen molar-refractivity contribution in [2.75, 3.05) is 32.8 Å². The highest BCUT2D eigenvalue weighted by atomic mass is 19.4. The second-order valence-electron chi connectivity index (χ2n) is 11.3. The van der Waals surface area contributed by atoms with Crippen LogP contribution in [0.1, 0.15) is 43.6 Å². The summed E-state index contributed by atoms with van der Waals surface area (Å²) in [6, 6.07) is 14.4. The number of carboxylic acids is 1. The molecule has 6 nitrogen and oxygen atoms in total. The van der Waals surface area contributed by atoms with Crippen LogP contribution in [-0.2, 0) is 9.59 Å². The molecule has 1 amide bonds. The monoisotopic (exact) mass is 548 g/mol. The van der Waals surface area contributed by atoms with E-state index in [4.69, 9.17) is 4.74 Å². The van der Waals surface area contributed by atoms with Gasteiger partial charge in [0.2, 0.25) is 0 Å². The van der Waals surface area contributed by atoms with Crippen LogP contribution in [0.5, 0.6) is 5.75 Å². The summed E-state index contributed by atoms with van der Waals surface area (Å²) in [5, 5.41) is 9.58. The summed E-state index contributed by atoms with van der Waals surface area (Å²) in [6.45, 7) is 1.06. The highest BCUT2D eigenvalue weighted by molar-refractivity contribution is 5.83. The number of nitrogens with zero attached hydrogens (tertiary/aromatic N) is 2. The van der Waals surface area contributed by atoms with E-state index in [9.17, 15) is 32.3 Å². The number of rotatable bonds is 10. The lowest BCUT2D eigenvalue weighted by molar-refractivity contribution is -0.188. The molecule has 0 aromatic heterocycles. The second-order valence-corrected chi connectivity index (χ2v) is 11.3. The molecule has 2 atom stereocenters. The van der Waals surface area contributed by atoms with Crippen LogP contribution in [-0.4, -0.2) is 71.8 Å². The number of benzene rings is 2. The molecule has 0 bridgehead atoms. The summed E-state index contributed by atoms with van der Waals surface area (Å²) >= 11 is 0. The van der Waals surface area contributed by atoms with Crippen molar-refractivity contribution < 1.29 is 37.0 Å². The minimum atomic E-state index is -5.03. The molecule has 0 spiro atoms. The molecular weight excluding hydrogens is 516 g/mol. The lowest BCUT2D eigenvalue weighted by Gasteiger charge is -2.45. The number of hydrogen-bond donors (Lipinski definition) is 1. The van der Waals surface area contributed by atoms with Crippen LogP contribution in [0.15, 0.2) is 54.6 Å². The number of carbonyl (C=O) groups excluding carboxylic acids is 1. The summed E-state index contributed by atoms with van der Waals surface area (Å²) in [7, 11) is 0. The Labute approximate surface area is 224 Å². The zero-order valence-electron chi connectivity index (χ0n) is 21.5. The van der Waals surface area contributed by atoms with Gasteiger partial charge in [-0.3, -0.25) is 9.59 Å². The Kier molecular flexibility index (Phi) is 7.35. The van der Waals surface area contributed by atoms with E-state index >= 15 is 0 Å². The molecule has 2 aromatic rings. The van der Waals surface area contributed by atoms with Gasteiger partial charge in [0.15, 0.2) is 11.6 Å². The fourth-order valence-corrected chi connectivity index (χ4v) is 5.79. The van der Waals surface area contributed by atoms with E-state index in [-0.39, 0.29) is 24.8 Å². The Morgan fingerprint density at radius 1 is 1.00 bits per heavy atom. The van der Waals surface area contributed by atoms with Crippen LogP contribution in [0.4, 0.5) is 17.6 Å². The Hall–Kier alpha value is -3.14. The number of amides is 1. The first-order valence-corrected chi connectivity index (χ1v) is 13.3. The van der Waals surface area contributed by atoms with E-state index in [0.29, 0.717) is 51.7 Å². The Balaban J connectivity index is 1.37. The number of likely N-dealkylation sites (tertiary alicyclic amines) is 1. The van der Waals surface area contributed by atoms with Crippen molar-refractivity contribution in [1.29, 1.82) is 0 Å². The predicted molar refractivity (Wildman–Crippen MR) is 135 cm³/mol. The van der Waals surface area contributed by atoms with Gasteiger partial charge in [0, 0.05) is 30.5 Å². The van der Waals surface area contributed by atoms with Gasteiger partial charge in [0.25, 0.3) is 0 Å². The van der Waals surface area contributed by atoms with E-state index in [0.717, 1.165) is 10.5 Å². The fraction of sp³-hybridized carbons (Fsp3) is 0.517. The van der Waals surface area contributed by atoms with Gasteiger partial charge in [-0.15, -0.1) is 0 Å². The fourth-order valence-electron chi connectivity index (χ4n) is 5.79. The summed E-state index contributed by atoms with van der Waals surface area (Å²) in [5.74, 6) is -3.46. The van der Waals surface area contributed by atoms with Gasteiger partial charge in [0.05, 0.1) is 12.0 Å². The van der Waals surface area contributed by atoms with Crippen molar-refractivity contribution in [3.63, 3.8) is 0 Å². The minimum absolute atomic E-state index is 0.00407. The van der Waals surface area contributed by atoms with Crippen molar-refractivity contribution in [2.24, 2.45) is 10.8 Å². The number of piperidine rings is 1. The van der Waals surface area contributed by atoms with Gasteiger partial charge < -0.3 is 19.6 Å². The van der Waals surface area contributed by atoms with Crippen LogP contribution in [0.25, 0.3) is 0 Å². The molecule has 3 fully saturated rings. The van der Waals surface area contributed by atoms with Crippen molar-refractivity contribution in [3.8, 4) is 5.75 Å². The van der Waals surface area contributed by atoms with Crippen molar-refractivity contribution in [2.45, 2.75) is 50.2 Å². The first-order chi connectivity index (χ1) is 18.5. The van der Waals surface area contributed by atoms with E-state index in [2.05, 4.69) is 0 Å². The number of hydrogen-bond acceptors (Lipinski definition) is 4. The van der Waals surface area contributed by atoms with Crippen LogP contribution < -0.4 is 4.74 Å². The Bertz CT molecular complexity index is 1190. The SMILES string of the molecule is O=C(N(CC1(COc2ccccc2F)CCN(CC2(C(=O)O)CC2)CC1)[C@@H]1C[C@H]1c1ccccc1)C(F)(F)F. The van der Waals surface area contributed by atoms with Gasteiger partial charge >= 0.3 is 18.1 Å². The lowest BCUT2D eigenvalue weighted by atomic mass is 9.78. The van der Waals surface area contributed by atoms with Gasteiger partial charge in [-0.25, -0.2) is 4.39 Å². The maximum Gasteiger partial charge on any atom is 0.471 e. The first-order valence-electron chi connectivity index (χ1n) is 13.3. The molecule has 1 aliphatic heterocycles. The first kappa shape index (κ1) is 27.4. The maximum absolute atomic E-state index is 14.3. The number of ether oxygens (including phenoxy) is 1. The minimum Gasteiger partial charge on any atom is -0.490 e. The second kappa shape index (κ2) is 10.4. The zero-order valence-corrected chi connectivity index (χ0v) is 21.5. The number of para-hydroxylation sites is 1. The highest BCUT2D eigenvalue weighted by Gasteiger charge is 2.55. The molecule has 10 heteroatoms. The topological polar surface area (TPSA) is 70.1 Å². The standard InChI is InChI=1S/C29H32F4N2O4/c30-22-8-4-5-9-24(22)39-19-27(12-14-34(15-13-27)18-28(10-11-28)26(37)38)17-35(25(36)29(31,32)33)23-16-21(23)20-6-2-1-3-7-20/h1-9,21,23H,10-19H2,(H,37,38)/t21-,23+/m0/s1. The Morgan fingerprint density at radius 3 is 2.23 bits per heavy atom. The molecule has 3 aliphatic rings. The van der Waals surface area contributed by atoms with Crippen LogP contribution in [0.3, 0.4) is 0 Å². The van der Waals surface area contributed by atoms with Crippen LogP contribution in [0.2, 0.25) is 0 Å². The summed E-state index contributed by atoms with van der Waals surface area (Å²) in [6.07, 6.45) is -2.60. The third-order valence-electron chi connectivity index (χ3n) is 8.51. The number of alkyl halides is 3. The largest absolute Gasteiger partial charge is 0.490 e. The van der Waals surface area contributed by atoms with Crippen molar-refractivity contribution >= 4 is 11.9 Å². The molecule has 5 rings (SSSR count). The molecule has 1 heterocycles. The number of aliphatic carboxylic acids is 1. The molecule has 0 unspecified atom stereocenters. The maximum atomic E-state index is 14.3. The molecule has 2 saturated carbocycles. The molecule has 2 aliphatic carbocycles. The number of carboxylic acid groups (broad SMARTS) is 1. The summed E-state index contributed by atoms with van der Waals surface area (Å²) < 4.78 is 61.5.